The number of rotatable bonds is 4. The van der Waals surface area contributed by atoms with Crippen molar-refractivity contribution in [3.8, 4) is 5.75 Å². The van der Waals surface area contributed by atoms with Crippen molar-refractivity contribution in [3.05, 3.63) is 88.1 Å². The van der Waals surface area contributed by atoms with Gasteiger partial charge in [0.2, 0.25) is 0 Å². The molecule has 0 bridgehead atoms. The Balaban J connectivity index is 1.51. The van der Waals surface area contributed by atoms with Crippen LogP contribution in [0.25, 0.3) is 6.08 Å². The maximum atomic E-state index is 12.6. The minimum absolute atomic E-state index is 0.0952. The molecule has 1 fully saturated rings. The van der Waals surface area contributed by atoms with E-state index in [1.54, 1.807) is 36.4 Å². The molecule has 5 nitrogen and oxygen atoms in total. The molecule has 134 valence electrons. The number of para-hydroxylation sites is 1. The number of hydrogen-bond acceptors (Lipinski definition) is 5. The Labute approximate surface area is 160 Å². The number of nitrogens with one attached hydrogen (secondary N) is 1. The van der Waals surface area contributed by atoms with Crippen LogP contribution in [0.2, 0.25) is 0 Å². The lowest BCUT2D eigenvalue weighted by atomic mass is 10.1. The molecule has 1 N–H and O–H groups in total. The molecular weight excluding hydrogens is 360 g/mol. The Morgan fingerprint density at radius 2 is 1.93 bits per heavy atom. The molecule has 6 heteroatoms. The van der Waals surface area contributed by atoms with Crippen LogP contribution in [-0.4, -0.2) is 18.4 Å². The minimum Gasteiger partial charge on any atom is -0.422 e. The Kier molecular flexibility index (Phi) is 4.82. The molecular formula is C21H16N2O3S. The first kappa shape index (κ1) is 17.2. The molecule has 0 radical (unpaired) electrons. The highest BCUT2D eigenvalue weighted by Gasteiger charge is 2.26. The molecule has 0 aliphatic carbocycles. The molecule has 0 unspecified atom stereocenters. The zero-order chi connectivity index (χ0) is 18.6. The van der Waals surface area contributed by atoms with Gasteiger partial charge in [-0.2, -0.15) is 0 Å². The van der Waals surface area contributed by atoms with Crippen LogP contribution in [0.4, 0.5) is 5.69 Å². The molecule has 2 aromatic carbocycles. The molecule has 4 rings (SSSR count). The van der Waals surface area contributed by atoms with Crippen molar-refractivity contribution in [1.82, 2.24) is 5.43 Å². The number of amides is 1. The van der Waals surface area contributed by atoms with Gasteiger partial charge in [-0.1, -0.05) is 36.4 Å². The smallest absolute Gasteiger partial charge is 0.353 e. The number of carbonyl (C=O) groups excluding carboxylic acids is 2. The van der Waals surface area contributed by atoms with Crippen molar-refractivity contribution in [3.63, 3.8) is 0 Å². The second-order valence-corrected chi connectivity index (χ2v) is 6.87. The van der Waals surface area contributed by atoms with Gasteiger partial charge in [0.15, 0.2) is 0 Å². The van der Waals surface area contributed by atoms with Gasteiger partial charge in [0.1, 0.15) is 10.6 Å². The number of carbonyl (C=O) groups is 2. The summed E-state index contributed by atoms with van der Waals surface area (Å²) in [5, 5.41) is 3.36. The number of nitrogens with zero attached hydrogens (tertiary/aromatic N) is 1. The molecule has 0 atom stereocenters. The summed E-state index contributed by atoms with van der Waals surface area (Å²) in [6.07, 6.45) is 1.81. The lowest BCUT2D eigenvalue weighted by molar-refractivity contribution is -0.114. The fourth-order valence-electron chi connectivity index (χ4n) is 2.77. The number of thiophene rings is 1. The topological polar surface area (TPSA) is 58.6 Å². The summed E-state index contributed by atoms with van der Waals surface area (Å²) in [4.78, 5) is 25.3. The van der Waals surface area contributed by atoms with E-state index in [0.717, 1.165) is 11.3 Å². The standard InChI is InChI=1S/C21H16N2O3S/c24-20-16(14-22-23(20)17-7-2-1-3-8-17)12-15-6-4-9-18(13-15)26-21(25)19-10-5-11-27-19/h1-13,22H,14H2. The lowest BCUT2D eigenvalue weighted by Gasteiger charge is -2.14. The van der Waals surface area contributed by atoms with Gasteiger partial charge in [0.05, 0.1) is 5.69 Å². The highest BCUT2D eigenvalue weighted by Crippen LogP contribution is 2.22. The zero-order valence-electron chi connectivity index (χ0n) is 14.3. The maximum absolute atomic E-state index is 12.6. The normalized spacial score (nSPS) is 15.3. The molecule has 2 heterocycles. The fraction of sp³-hybridized carbons (Fsp3) is 0.0476. The SMILES string of the molecule is O=C(Oc1cccc(C=C2CNN(c3ccccc3)C2=O)c1)c1cccs1. The zero-order valence-corrected chi connectivity index (χ0v) is 15.1. The quantitative estimate of drug-likeness (QED) is 0.426. The molecule has 1 saturated heterocycles. The largest absolute Gasteiger partial charge is 0.422 e. The molecule has 27 heavy (non-hydrogen) atoms. The van der Waals surface area contributed by atoms with Crippen molar-refractivity contribution in [2.45, 2.75) is 0 Å². The predicted molar refractivity (Wildman–Crippen MR) is 106 cm³/mol. The van der Waals surface area contributed by atoms with E-state index in [0.29, 0.717) is 22.7 Å². The van der Waals surface area contributed by atoms with Crippen molar-refractivity contribution < 1.29 is 14.3 Å². The van der Waals surface area contributed by atoms with E-state index in [4.69, 9.17) is 4.74 Å². The van der Waals surface area contributed by atoms with Crippen LogP contribution in [-0.2, 0) is 4.79 Å². The summed E-state index contributed by atoms with van der Waals surface area (Å²) >= 11 is 1.33. The monoisotopic (exact) mass is 376 g/mol. The van der Waals surface area contributed by atoms with Gasteiger partial charge in [-0.15, -0.1) is 11.3 Å². The first-order valence-electron chi connectivity index (χ1n) is 8.40. The van der Waals surface area contributed by atoms with E-state index in [1.807, 2.05) is 41.8 Å². The fourth-order valence-corrected chi connectivity index (χ4v) is 3.37. The van der Waals surface area contributed by atoms with Crippen LogP contribution < -0.4 is 15.2 Å². The molecule has 1 aliphatic rings. The van der Waals surface area contributed by atoms with Gasteiger partial charge in [0.25, 0.3) is 5.91 Å². The summed E-state index contributed by atoms with van der Waals surface area (Å²) in [5.41, 5.74) is 5.32. The lowest BCUT2D eigenvalue weighted by Crippen LogP contribution is -2.33. The van der Waals surface area contributed by atoms with Crippen LogP contribution in [0, 0.1) is 0 Å². The van der Waals surface area contributed by atoms with E-state index < -0.39 is 0 Å². The summed E-state index contributed by atoms with van der Waals surface area (Å²) in [6, 6.07) is 20.1. The molecule has 1 aliphatic heterocycles. The van der Waals surface area contributed by atoms with Gasteiger partial charge in [-0.05, 0) is 47.4 Å². The van der Waals surface area contributed by atoms with Crippen LogP contribution in [0.1, 0.15) is 15.2 Å². The first-order valence-corrected chi connectivity index (χ1v) is 9.28. The van der Waals surface area contributed by atoms with Crippen LogP contribution in [0.3, 0.4) is 0 Å². The van der Waals surface area contributed by atoms with Gasteiger partial charge in [-0.25, -0.2) is 15.2 Å². The van der Waals surface area contributed by atoms with E-state index in [-0.39, 0.29) is 11.9 Å². The summed E-state index contributed by atoms with van der Waals surface area (Å²) < 4.78 is 5.41. The third-order valence-corrected chi connectivity index (χ3v) is 4.90. The van der Waals surface area contributed by atoms with Crippen molar-refractivity contribution in [2.24, 2.45) is 0 Å². The van der Waals surface area contributed by atoms with Crippen LogP contribution >= 0.6 is 11.3 Å². The maximum Gasteiger partial charge on any atom is 0.353 e. The average Bonchev–Trinajstić information content (AvgIpc) is 3.34. The van der Waals surface area contributed by atoms with E-state index in [2.05, 4.69) is 5.43 Å². The van der Waals surface area contributed by atoms with Crippen molar-refractivity contribution in [2.75, 3.05) is 11.6 Å². The number of hydrazine groups is 1. The van der Waals surface area contributed by atoms with E-state index >= 15 is 0 Å². The number of hydrogen-bond donors (Lipinski definition) is 1. The number of esters is 1. The Morgan fingerprint density at radius 1 is 1.07 bits per heavy atom. The highest BCUT2D eigenvalue weighted by atomic mass is 32.1. The van der Waals surface area contributed by atoms with Crippen LogP contribution in [0.15, 0.2) is 77.7 Å². The third-order valence-electron chi connectivity index (χ3n) is 4.05. The predicted octanol–water partition coefficient (Wildman–Crippen LogP) is 3.90. The average molecular weight is 376 g/mol. The number of benzene rings is 2. The van der Waals surface area contributed by atoms with Gasteiger partial charge < -0.3 is 4.74 Å². The Hall–Kier alpha value is -3.22. The third kappa shape index (κ3) is 3.81. The number of ether oxygens (including phenoxy) is 1. The summed E-state index contributed by atoms with van der Waals surface area (Å²) in [5.74, 6) is -0.0353. The Bertz CT molecular complexity index is 997. The van der Waals surface area contributed by atoms with E-state index in [1.165, 1.54) is 16.3 Å². The minimum atomic E-state index is -0.385. The van der Waals surface area contributed by atoms with Crippen molar-refractivity contribution in [1.29, 1.82) is 0 Å². The first-order chi connectivity index (χ1) is 13.2. The van der Waals surface area contributed by atoms with Gasteiger partial charge >= 0.3 is 5.97 Å². The second kappa shape index (κ2) is 7.57. The molecule has 0 spiro atoms. The number of anilines is 1. The van der Waals surface area contributed by atoms with Gasteiger partial charge in [0, 0.05) is 12.1 Å². The molecule has 0 saturated carbocycles. The van der Waals surface area contributed by atoms with Gasteiger partial charge in [-0.3, -0.25) is 4.79 Å². The highest BCUT2D eigenvalue weighted by molar-refractivity contribution is 7.12. The molecule has 1 aromatic heterocycles. The van der Waals surface area contributed by atoms with Crippen LogP contribution in [0.5, 0.6) is 5.75 Å². The second-order valence-electron chi connectivity index (χ2n) is 5.92. The summed E-state index contributed by atoms with van der Waals surface area (Å²) in [7, 11) is 0. The van der Waals surface area contributed by atoms with Crippen molar-refractivity contribution >= 4 is 35.0 Å². The molecule has 3 aromatic rings. The molecule has 1 amide bonds. The van der Waals surface area contributed by atoms with E-state index in [9.17, 15) is 9.59 Å². The summed E-state index contributed by atoms with van der Waals surface area (Å²) in [6.45, 7) is 0.437. The Morgan fingerprint density at radius 3 is 2.70 bits per heavy atom.